The van der Waals surface area contributed by atoms with Gasteiger partial charge in [-0.05, 0) is 68.4 Å². The van der Waals surface area contributed by atoms with Crippen molar-refractivity contribution < 1.29 is 23.5 Å². The van der Waals surface area contributed by atoms with Crippen LogP contribution < -0.4 is 10.6 Å². The van der Waals surface area contributed by atoms with Crippen molar-refractivity contribution in [1.29, 1.82) is 0 Å². The fourth-order valence-corrected chi connectivity index (χ4v) is 5.53. The average Bonchev–Trinajstić information content (AvgIpc) is 2.58. The van der Waals surface area contributed by atoms with Gasteiger partial charge in [0.2, 0.25) is 0 Å². The van der Waals surface area contributed by atoms with E-state index in [1.807, 2.05) is 0 Å². The molecular weight excluding hydrogens is 351 g/mol. The third kappa shape index (κ3) is 3.82. The zero-order valence-corrected chi connectivity index (χ0v) is 15.0. The van der Waals surface area contributed by atoms with Gasteiger partial charge in [-0.25, -0.2) is 14.0 Å². The number of carbonyl (C=O) groups excluding carboxylic acids is 3. The summed E-state index contributed by atoms with van der Waals surface area (Å²) in [5.74, 6) is -0.369. The topological polar surface area (TPSA) is 84.5 Å². The number of benzene rings is 1. The quantitative estimate of drug-likeness (QED) is 0.794. The highest BCUT2D eigenvalue weighted by molar-refractivity contribution is 5.97. The Labute approximate surface area is 156 Å². The molecule has 2 N–H and O–H groups in total. The van der Waals surface area contributed by atoms with Gasteiger partial charge in [0, 0.05) is 5.54 Å². The number of halogens is 1. The zero-order chi connectivity index (χ0) is 19.0. The number of nitrogens with one attached hydrogen (secondary N) is 2. The first kappa shape index (κ1) is 17.9. The molecular formula is C20H23FN2O4. The van der Waals surface area contributed by atoms with Gasteiger partial charge in [-0.15, -0.1) is 0 Å². The van der Waals surface area contributed by atoms with Crippen molar-refractivity contribution >= 4 is 17.9 Å². The number of ether oxygens (including phenoxy) is 1. The number of esters is 1. The summed E-state index contributed by atoms with van der Waals surface area (Å²) in [6, 6.07) is 4.81. The summed E-state index contributed by atoms with van der Waals surface area (Å²) in [5.41, 5.74) is -0.452. The third-order valence-corrected chi connectivity index (χ3v) is 6.10. The zero-order valence-electron chi connectivity index (χ0n) is 15.0. The second-order valence-corrected chi connectivity index (χ2v) is 8.26. The van der Waals surface area contributed by atoms with Gasteiger partial charge in [0.1, 0.15) is 5.82 Å². The van der Waals surface area contributed by atoms with Gasteiger partial charge < -0.3 is 10.1 Å². The maximum Gasteiger partial charge on any atom is 0.341 e. The summed E-state index contributed by atoms with van der Waals surface area (Å²) in [6.45, 7) is -0.637. The lowest BCUT2D eigenvalue weighted by atomic mass is 9.53. The minimum absolute atomic E-state index is 0.205. The lowest BCUT2D eigenvalue weighted by Crippen LogP contribution is -2.62. The number of hydrogen-bond donors (Lipinski definition) is 2. The Morgan fingerprint density at radius 2 is 1.63 bits per heavy atom. The van der Waals surface area contributed by atoms with Crippen LogP contribution in [0.25, 0.3) is 0 Å². The average molecular weight is 374 g/mol. The van der Waals surface area contributed by atoms with Gasteiger partial charge in [0.05, 0.1) is 5.56 Å². The van der Waals surface area contributed by atoms with Crippen molar-refractivity contribution in [2.45, 2.75) is 44.1 Å². The first-order valence-electron chi connectivity index (χ1n) is 9.46. The van der Waals surface area contributed by atoms with E-state index in [0.717, 1.165) is 25.3 Å². The molecule has 5 rings (SSSR count). The molecule has 4 aliphatic carbocycles. The normalized spacial score (nSPS) is 30.6. The van der Waals surface area contributed by atoms with Crippen LogP contribution in [0.3, 0.4) is 0 Å². The Morgan fingerprint density at radius 1 is 1.04 bits per heavy atom. The Morgan fingerprint density at radius 3 is 2.22 bits per heavy atom. The molecule has 4 fully saturated rings. The highest BCUT2D eigenvalue weighted by Crippen LogP contribution is 2.55. The molecule has 1 aromatic rings. The van der Waals surface area contributed by atoms with E-state index < -0.39 is 30.3 Å². The van der Waals surface area contributed by atoms with Gasteiger partial charge in [0.25, 0.3) is 5.91 Å². The molecule has 0 saturated heterocycles. The Hall–Kier alpha value is -2.44. The second kappa shape index (κ2) is 6.94. The van der Waals surface area contributed by atoms with Crippen LogP contribution in [0.4, 0.5) is 9.18 Å². The molecule has 6 nitrogen and oxygen atoms in total. The van der Waals surface area contributed by atoms with Crippen LogP contribution in [-0.2, 0) is 9.53 Å². The smallest absolute Gasteiger partial charge is 0.341 e. The first-order valence-corrected chi connectivity index (χ1v) is 9.46. The number of hydrogen-bond acceptors (Lipinski definition) is 4. The number of rotatable bonds is 4. The summed E-state index contributed by atoms with van der Waals surface area (Å²) in [4.78, 5) is 36.0. The lowest BCUT2D eigenvalue weighted by Gasteiger charge is -2.56. The van der Waals surface area contributed by atoms with E-state index in [-0.39, 0.29) is 11.1 Å². The molecule has 0 aromatic heterocycles. The van der Waals surface area contributed by atoms with Crippen molar-refractivity contribution in [3.05, 3.63) is 35.6 Å². The van der Waals surface area contributed by atoms with E-state index in [1.165, 1.54) is 37.5 Å². The maximum atomic E-state index is 13.5. The SMILES string of the molecule is O=C(COC(=O)c1ccccc1F)NC(=O)NC12CC3CC(CC(C3)C1)C2. The fraction of sp³-hybridized carbons (Fsp3) is 0.550. The van der Waals surface area contributed by atoms with E-state index >= 15 is 0 Å². The summed E-state index contributed by atoms with van der Waals surface area (Å²) < 4.78 is 18.3. The fourth-order valence-electron chi connectivity index (χ4n) is 5.53. The predicted octanol–water partition coefficient (Wildman–Crippen LogP) is 2.78. The van der Waals surface area contributed by atoms with Crippen molar-refractivity contribution in [2.75, 3.05) is 6.61 Å². The van der Waals surface area contributed by atoms with Crippen molar-refractivity contribution in [1.82, 2.24) is 10.6 Å². The molecule has 0 atom stereocenters. The van der Waals surface area contributed by atoms with Crippen LogP contribution in [0.15, 0.2) is 24.3 Å². The van der Waals surface area contributed by atoms with E-state index in [2.05, 4.69) is 10.6 Å². The minimum atomic E-state index is -0.940. The van der Waals surface area contributed by atoms with E-state index in [9.17, 15) is 18.8 Å². The minimum Gasteiger partial charge on any atom is -0.452 e. The van der Waals surface area contributed by atoms with Gasteiger partial charge in [-0.1, -0.05) is 12.1 Å². The van der Waals surface area contributed by atoms with E-state index in [0.29, 0.717) is 17.8 Å². The monoisotopic (exact) mass is 374 g/mol. The molecule has 0 aliphatic heterocycles. The molecule has 3 amide bonds. The molecule has 144 valence electrons. The summed E-state index contributed by atoms with van der Waals surface area (Å²) >= 11 is 0. The molecule has 0 spiro atoms. The molecule has 1 aromatic carbocycles. The van der Waals surface area contributed by atoms with Crippen LogP contribution >= 0.6 is 0 Å². The van der Waals surface area contributed by atoms with E-state index in [1.54, 1.807) is 0 Å². The number of amides is 3. The van der Waals surface area contributed by atoms with Gasteiger partial charge in [-0.2, -0.15) is 0 Å². The second-order valence-electron chi connectivity index (χ2n) is 8.26. The largest absolute Gasteiger partial charge is 0.452 e. The lowest BCUT2D eigenvalue weighted by molar-refractivity contribution is -0.123. The summed E-state index contributed by atoms with van der Waals surface area (Å²) in [5, 5.41) is 5.23. The Bertz CT molecular complexity index is 744. The van der Waals surface area contributed by atoms with Crippen molar-refractivity contribution in [3.8, 4) is 0 Å². The van der Waals surface area contributed by atoms with Gasteiger partial charge in [0.15, 0.2) is 6.61 Å². The molecule has 4 aliphatic rings. The Balaban J connectivity index is 1.27. The highest BCUT2D eigenvalue weighted by atomic mass is 19.1. The first-order chi connectivity index (χ1) is 12.9. The molecule has 0 radical (unpaired) electrons. The van der Waals surface area contributed by atoms with Gasteiger partial charge >= 0.3 is 12.0 Å². The maximum absolute atomic E-state index is 13.5. The van der Waals surface area contributed by atoms with Crippen LogP contribution in [-0.4, -0.2) is 30.1 Å². The molecule has 0 unspecified atom stereocenters. The summed E-state index contributed by atoms with van der Waals surface area (Å²) in [7, 11) is 0. The molecule has 7 heteroatoms. The molecule has 27 heavy (non-hydrogen) atoms. The Kier molecular flexibility index (Phi) is 4.61. The highest BCUT2D eigenvalue weighted by Gasteiger charge is 2.51. The third-order valence-electron chi connectivity index (χ3n) is 6.10. The number of urea groups is 1. The van der Waals surface area contributed by atoms with Crippen LogP contribution in [0.2, 0.25) is 0 Å². The van der Waals surface area contributed by atoms with E-state index in [4.69, 9.17) is 4.74 Å². The molecule has 0 heterocycles. The van der Waals surface area contributed by atoms with Crippen LogP contribution in [0, 0.1) is 23.6 Å². The van der Waals surface area contributed by atoms with Crippen molar-refractivity contribution in [3.63, 3.8) is 0 Å². The molecule has 4 bridgehead atoms. The molecule has 4 saturated carbocycles. The number of imide groups is 1. The number of carbonyl (C=O) groups is 3. The van der Waals surface area contributed by atoms with Crippen LogP contribution in [0.5, 0.6) is 0 Å². The predicted molar refractivity (Wildman–Crippen MR) is 94.3 cm³/mol. The van der Waals surface area contributed by atoms with Crippen LogP contribution in [0.1, 0.15) is 48.9 Å². The van der Waals surface area contributed by atoms with Crippen molar-refractivity contribution in [2.24, 2.45) is 17.8 Å². The standard InChI is InChI=1S/C20H23FN2O4/c21-16-4-2-1-3-15(16)18(25)27-11-17(24)22-19(26)23-20-8-12-5-13(9-20)7-14(6-12)10-20/h1-4,12-14H,5-11H2,(H2,22,23,24,26). The summed E-state index contributed by atoms with van der Waals surface area (Å²) in [6.07, 6.45) is 6.70. The van der Waals surface area contributed by atoms with Gasteiger partial charge in [-0.3, -0.25) is 10.1 Å².